The number of carbonyl (C=O) groups is 2. The Labute approximate surface area is 104 Å². The fraction of sp³-hybridized carbons (Fsp3) is 0.600. The molecule has 0 saturated carbocycles. The highest BCUT2D eigenvalue weighted by molar-refractivity contribution is 5.78. The van der Waals surface area contributed by atoms with Gasteiger partial charge in [0.15, 0.2) is 0 Å². The van der Waals surface area contributed by atoms with E-state index in [1.165, 1.54) is 12.0 Å². The number of hydrogen-bond acceptors (Lipinski definition) is 2. The monoisotopic (exact) mass is 234 g/mol. The lowest BCUT2D eigenvalue weighted by Gasteiger charge is -2.38. The molecule has 0 saturated heterocycles. The Morgan fingerprint density at radius 1 is 1.47 bits per heavy atom. The molecule has 1 aliphatic carbocycles. The quantitative estimate of drug-likeness (QED) is 0.414. The standard InChI is InChI=1S/C15H22O2/c1-12-5-4-9-15(2,3)14(12)7-6-13(11-17)8-10-16/h5-6,10-11,14H,4,7-9H2,1-3H3. The van der Waals surface area contributed by atoms with E-state index in [0.717, 1.165) is 25.4 Å². The zero-order valence-corrected chi connectivity index (χ0v) is 11.0. The zero-order chi connectivity index (χ0) is 12.9. The molecule has 1 atom stereocenters. The molecule has 0 fully saturated rings. The van der Waals surface area contributed by atoms with E-state index in [0.29, 0.717) is 11.5 Å². The molecule has 0 aromatic carbocycles. The second kappa shape index (κ2) is 5.95. The molecule has 1 unspecified atom stereocenters. The first-order valence-corrected chi connectivity index (χ1v) is 6.25. The van der Waals surface area contributed by atoms with Crippen molar-refractivity contribution < 1.29 is 9.59 Å². The summed E-state index contributed by atoms with van der Waals surface area (Å²) in [6, 6.07) is 0. The van der Waals surface area contributed by atoms with Crippen molar-refractivity contribution in [2.45, 2.75) is 46.5 Å². The number of carbonyl (C=O) groups excluding carboxylic acids is 2. The normalized spacial score (nSPS) is 24.1. The van der Waals surface area contributed by atoms with Gasteiger partial charge < -0.3 is 4.79 Å². The molecule has 94 valence electrons. The van der Waals surface area contributed by atoms with Crippen molar-refractivity contribution in [3.8, 4) is 0 Å². The van der Waals surface area contributed by atoms with Gasteiger partial charge in [-0.3, -0.25) is 4.79 Å². The van der Waals surface area contributed by atoms with Gasteiger partial charge in [-0.05, 0) is 43.1 Å². The number of rotatable bonds is 5. The summed E-state index contributed by atoms with van der Waals surface area (Å²) in [6.45, 7) is 6.73. The lowest BCUT2D eigenvalue weighted by atomic mass is 9.67. The molecule has 1 rings (SSSR count). The van der Waals surface area contributed by atoms with Gasteiger partial charge in [0.1, 0.15) is 12.6 Å². The summed E-state index contributed by atoms with van der Waals surface area (Å²) in [6.07, 6.45) is 9.23. The first-order chi connectivity index (χ1) is 8.01. The van der Waals surface area contributed by atoms with Crippen LogP contribution in [0.5, 0.6) is 0 Å². The Kier molecular flexibility index (Phi) is 4.86. The van der Waals surface area contributed by atoms with E-state index in [-0.39, 0.29) is 11.8 Å². The van der Waals surface area contributed by atoms with Crippen LogP contribution in [0.1, 0.15) is 46.5 Å². The topological polar surface area (TPSA) is 34.1 Å². The van der Waals surface area contributed by atoms with Crippen molar-refractivity contribution in [3.63, 3.8) is 0 Å². The van der Waals surface area contributed by atoms with Crippen LogP contribution < -0.4 is 0 Å². The molecule has 0 heterocycles. The fourth-order valence-electron chi connectivity index (χ4n) is 2.65. The van der Waals surface area contributed by atoms with Gasteiger partial charge in [-0.25, -0.2) is 0 Å². The fourth-order valence-corrected chi connectivity index (χ4v) is 2.65. The Hall–Kier alpha value is -1.18. The molecular weight excluding hydrogens is 212 g/mol. The Morgan fingerprint density at radius 3 is 2.71 bits per heavy atom. The molecular formula is C15H22O2. The second-order valence-electron chi connectivity index (χ2n) is 5.53. The van der Waals surface area contributed by atoms with E-state index in [2.05, 4.69) is 26.8 Å². The maximum atomic E-state index is 10.8. The van der Waals surface area contributed by atoms with Crippen molar-refractivity contribution in [2.24, 2.45) is 11.3 Å². The van der Waals surface area contributed by atoms with Gasteiger partial charge in [0.05, 0.1) is 0 Å². The predicted octanol–water partition coefficient (Wildman–Crippen LogP) is 3.47. The number of allylic oxidation sites excluding steroid dienone is 4. The molecule has 1 aliphatic rings. The highest BCUT2D eigenvalue weighted by atomic mass is 16.1. The van der Waals surface area contributed by atoms with Gasteiger partial charge in [-0.15, -0.1) is 0 Å². The van der Waals surface area contributed by atoms with Crippen LogP contribution in [0.15, 0.2) is 23.3 Å². The molecule has 0 aliphatic heterocycles. The van der Waals surface area contributed by atoms with Crippen LogP contribution >= 0.6 is 0 Å². The average molecular weight is 234 g/mol. The number of aldehydes is 2. The van der Waals surface area contributed by atoms with E-state index >= 15 is 0 Å². The van der Waals surface area contributed by atoms with E-state index < -0.39 is 0 Å². The second-order valence-corrected chi connectivity index (χ2v) is 5.53. The number of hydrogen-bond donors (Lipinski definition) is 0. The molecule has 0 aromatic rings. The predicted molar refractivity (Wildman–Crippen MR) is 69.7 cm³/mol. The Morgan fingerprint density at radius 2 is 2.18 bits per heavy atom. The maximum absolute atomic E-state index is 10.8. The van der Waals surface area contributed by atoms with Gasteiger partial charge in [-0.1, -0.05) is 31.6 Å². The van der Waals surface area contributed by atoms with Crippen LogP contribution in [0.4, 0.5) is 0 Å². The minimum Gasteiger partial charge on any atom is -0.303 e. The van der Waals surface area contributed by atoms with Crippen molar-refractivity contribution in [3.05, 3.63) is 23.3 Å². The van der Waals surface area contributed by atoms with Crippen molar-refractivity contribution in [1.82, 2.24) is 0 Å². The highest BCUT2D eigenvalue weighted by Gasteiger charge is 2.31. The summed E-state index contributed by atoms with van der Waals surface area (Å²) in [5.41, 5.74) is 2.30. The summed E-state index contributed by atoms with van der Waals surface area (Å²) >= 11 is 0. The summed E-state index contributed by atoms with van der Waals surface area (Å²) in [4.78, 5) is 21.2. The Balaban J connectivity index is 2.78. The molecule has 0 spiro atoms. The SMILES string of the molecule is CC1=CCCC(C)(C)C1CC=C(C=O)CC=O. The van der Waals surface area contributed by atoms with E-state index in [1.807, 2.05) is 6.08 Å². The van der Waals surface area contributed by atoms with Crippen LogP contribution in [-0.4, -0.2) is 12.6 Å². The summed E-state index contributed by atoms with van der Waals surface area (Å²) in [7, 11) is 0. The zero-order valence-electron chi connectivity index (χ0n) is 11.0. The third-order valence-corrected chi connectivity index (χ3v) is 3.83. The smallest absolute Gasteiger partial charge is 0.146 e. The Bertz CT molecular complexity index is 348. The lowest BCUT2D eigenvalue weighted by Crippen LogP contribution is -2.27. The largest absolute Gasteiger partial charge is 0.303 e. The van der Waals surface area contributed by atoms with Gasteiger partial charge in [0.2, 0.25) is 0 Å². The maximum Gasteiger partial charge on any atom is 0.146 e. The first-order valence-electron chi connectivity index (χ1n) is 6.25. The van der Waals surface area contributed by atoms with Crippen molar-refractivity contribution in [1.29, 1.82) is 0 Å². The van der Waals surface area contributed by atoms with Gasteiger partial charge >= 0.3 is 0 Å². The van der Waals surface area contributed by atoms with Crippen molar-refractivity contribution in [2.75, 3.05) is 0 Å². The van der Waals surface area contributed by atoms with E-state index in [1.54, 1.807) is 0 Å². The van der Waals surface area contributed by atoms with Crippen LogP contribution in [-0.2, 0) is 9.59 Å². The molecule has 0 bridgehead atoms. The van der Waals surface area contributed by atoms with Crippen LogP contribution in [0.2, 0.25) is 0 Å². The molecule has 0 N–H and O–H groups in total. The van der Waals surface area contributed by atoms with Crippen LogP contribution in [0.25, 0.3) is 0 Å². The highest BCUT2D eigenvalue weighted by Crippen LogP contribution is 2.42. The van der Waals surface area contributed by atoms with E-state index in [9.17, 15) is 9.59 Å². The third-order valence-electron chi connectivity index (χ3n) is 3.83. The van der Waals surface area contributed by atoms with Crippen LogP contribution in [0.3, 0.4) is 0 Å². The molecule has 0 aromatic heterocycles. The summed E-state index contributed by atoms with van der Waals surface area (Å²) < 4.78 is 0. The van der Waals surface area contributed by atoms with Gasteiger partial charge in [-0.2, -0.15) is 0 Å². The summed E-state index contributed by atoms with van der Waals surface area (Å²) in [5, 5.41) is 0. The van der Waals surface area contributed by atoms with Gasteiger partial charge in [0.25, 0.3) is 0 Å². The molecule has 0 amide bonds. The first kappa shape index (κ1) is 13.9. The average Bonchev–Trinajstić information content (AvgIpc) is 2.26. The van der Waals surface area contributed by atoms with Crippen molar-refractivity contribution >= 4 is 12.6 Å². The molecule has 2 nitrogen and oxygen atoms in total. The summed E-state index contributed by atoms with van der Waals surface area (Å²) in [5.74, 6) is 0.484. The van der Waals surface area contributed by atoms with E-state index in [4.69, 9.17) is 0 Å². The molecule has 0 radical (unpaired) electrons. The third kappa shape index (κ3) is 3.65. The molecule has 2 heteroatoms. The lowest BCUT2D eigenvalue weighted by molar-refractivity contribution is -0.109. The minimum absolute atomic E-state index is 0.236. The van der Waals surface area contributed by atoms with Gasteiger partial charge in [0, 0.05) is 6.42 Å². The minimum atomic E-state index is 0.236. The van der Waals surface area contributed by atoms with Crippen LogP contribution in [0, 0.1) is 11.3 Å². The molecule has 17 heavy (non-hydrogen) atoms.